The van der Waals surface area contributed by atoms with Gasteiger partial charge in [-0.15, -0.1) is 0 Å². The molecule has 0 radical (unpaired) electrons. The summed E-state index contributed by atoms with van der Waals surface area (Å²) in [5, 5.41) is 22.7. The van der Waals surface area contributed by atoms with E-state index in [1.807, 2.05) is 0 Å². The van der Waals surface area contributed by atoms with Gasteiger partial charge in [-0.1, -0.05) is 12.1 Å². The van der Waals surface area contributed by atoms with Gasteiger partial charge in [-0.2, -0.15) is 5.10 Å². The van der Waals surface area contributed by atoms with Crippen molar-refractivity contribution < 1.29 is 19.8 Å². The van der Waals surface area contributed by atoms with Crippen molar-refractivity contribution >= 4 is 11.9 Å². The maximum absolute atomic E-state index is 11.4. The Balaban J connectivity index is 2.06. The summed E-state index contributed by atoms with van der Waals surface area (Å²) < 4.78 is 1.65. The van der Waals surface area contributed by atoms with Crippen LogP contribution in [0.15, 0.2) is 30.5 Å². The second-order valence-electron chi connectivity index (χ2n) is 5.47. The minimum Gasteiger partial charge on any atom is -0.481 e. The molecule has 0 saturated heterocycles. The molecule has 3 rings (SSSR count). The summed E-state index contributed by atoms with van der Waals surface area (Å²) in [6, 6.07) is 6.71. The van der Waals surface area contributed by atoms with Crippen LogP contribution in [0.3, 0.4) is 0 Å². The summed E-state index contributed by atoms with van der Waals surface area (Å²) in [6.07, 6.45) is 4.25. The van der Waals surface area contributed by atoms with E-state index in [1.54, 1.807) is 35.1 Å². The third kappa shape index (κ3) is 2.47. The molecule has 2 N–H and O–H groups in total. The molecule has 0 bridgehead atoms. The van der Waals surface area contributed by atoms with Gasteiger partial charge in [0.2, 0.25) is 0 Å². The number of aromatic nitrogens is 2. The fraction of sp³-hybridized carbons (Fsp3) is 0.312. The maximum Gasteiger partial charge on any atom is 0.337 e. The summed E-state index contributed by atoms with van der Waals surface area (Å²) in [5.74, 6) is -1.87. The highest BCUT2D eigenvalue weighted by Gasteiger charge is 2.27. The van der Waals surface area contributed by atoms with Crippen molar-refractivity contribution in [3.05, 3.63) is 47.3 Å². The second kappa shape index (κ2) is 5.63. The minimum atomic E-state index is -1.00. The lowest BCUT2D eigenvalue weighted by atomic mass is 9.85. The molecule has 1 aliphatic rings. The number of hydrogen-bond acceptors (Lipinski definition) is 3. The number of rotatable bonds is 4. The van der Waals surface area contributed by atoms with Crippen molar-refractivity contribution in [2.24, 2.45) is 0 Å². The molecule has 0 saturated carbocycles. The Hall–Kier alpha value is -2.63. The van der Waals surface area contributed by atoms with E-state index in [1.165, 1.54) is 0 Å². The van der Waals surface area contributed by atoms with Gasteiger partial charge in [-0.05, 0) is 42.9 Å². The van der Waals surface area contributed by atoms with Crippen LogP contribution >= 0.6 is 0 Å². The Labute approximate surface area is 127 Å². The van der Waals surface area contributed by atoms with Crippen molar-refractivity contribution in [1.29, 1.82) is 0 Å². The number of hydrogen-bond donors (Lipinski definition) is 2. The van der Waals surface area contributed by atoms with E-state index in [-0.39, 0.29) is 17.9 Å². The van der Waals surface area contributed by atoms with E-state index in [0.29, 0.717) is 5.69 Å². The molecule has 6 heteroatoms. The van der Waals surface area contributed by atoms with Gasteiger partial charge in [-0.25, -0.2) is 9.48 Å². The molecule has 1 unspecified atom stereocenters. The van der Waals surface area contributed by atoms with E-state index >= 15 is 0 Å². The topological polar surface area (TPSA) is 92.4 Å². The molecule has 0 spiro atoms. The average molecular weight is 300 g/mol. The Kier molecular flexibility index (Phi) is 3.66. The molecule has 1 heterocycles. The monoisotopic (exact) mass is 300 g/mol. The lowest BCUT2D eigenvalue weighted by Crippen LogP contribution is -2.16. The molecule has 1 aromatic heterocycles. The van der Waals surface area contributed by atoms with Crippen LogP contribution in [0.25, 0.3) is 5.69 Å². The van der Waals surface area contributed by atoms with Gasteiger partial charge in [0.1, 0.15) is 0 Å². The van der Waals surface area contributed by atoms with Crippen LogP contribution in [-0.4, -0.2) is 31.9 Å². The molecule has 1 aliphatic carbocycles. The van der Waals surface area contributed by atoms with Crippen LogP contribution in [0.2, 0.25) is 0 Å². The number of aliphatic carboxylic acids is 1. The summed E-state index contributed by atoms with van der Waals surface area (Å²) in [6.45, 7) is 0. The largest absolute Gasteiger partial charge is 0.481 e. The lowest BCUT2D eigenvalue weighted by Gasteiger charge is -2.22. The first-order valence-electron chi connectivity index (χ1n) is 7.19. The normalized spacial score (nSPS) is 17.0. The highest BCUT2D eigenvalue weighted by Crippen LogP contribution is 2.35. The first-order chi connectivity index (χ1) is 10.6. The number of para-hydroxylation sites is 1. The number of fused-ring (bicyclic) bond motifs is 1. The van der Waals surface area contributed by atoms with E-state index in [2.05, 4.69) is 5.10 Å². The van der Waals surface area contributed by atoms with Crippen molar-refractivity contribution in [1.82, 2.24) is 9.78 Å². The van der Waals surface area contributed by atoms with Crippen LogP contribution in [0.1, 0.15) is 46.8 Å². The average Bonchev–Trinajstić information content (AvgIpc) is 2.91. The zero-order valence-corrected chi connectivity index (χ0v) is 11.9. The second-order valence-corrected chi connectivity index (χ2v) is 5.47. The van der Waals surface area contributed by atoms with Crippen LogP contribution in [0.5, 0.6) is 0 Å². The first-order valence-corrected chi connectivity index (χ1v) is 7.19. The Morgan fingerprint density at radius 1 is 1.27 bits per heavy atom. The molecule has 1 atom stereocenters. The molecular formula is C16H16N2O4. The summed E-state index contributed by atoms with van der Waals surface area (Å²) in [7, 11) is 0. The predicted octanol–water partition coefficient (Wildman–Crippen LogP) is 2.47. The number of aromatic carboxylic acids is 1. The predicted molar refractivity (Wildman–Crippen MR) is 78.5 cm³/mol. The van der Waals surface area contributed by atoms with Gasteiger partial charge in [-0.3, -0.25) is 4.79 Å². The summed E-state index contributed by atoms with van der Waals surface area (Å²) in [4.78, 5) is 22.4. The number of carbonyl (C=O) groups is 2. The maximum atomic E-state index is 11.4. The van der Waals surface area contributed by atoms with Gasteiger partial charge < -0.3 is 10.2 Å². The van der Waals surface area contributed by atoms with Gasteiger partial charge in [0, 0.05) is 5.69 Å². The van der Waals surface area contributed by atoms with Crippen molar-refractivity contribution in [2.45, 2.75) is 31.6 Å². The zero-order chi connectivity index (χ0) is 15.7. The Bertz CT molecular complexity index is 735. The quantitative estimate of drug-likeness (QED) is 0.904. The molecule has 114 valence electrons. The van der Waals surface area contributed by atoms with Gasteiger partial charge in [0.25, 0.3) is 0 Å². The van der Waals surface area contributed by atoms with Crippen molar-refractivity contribution in [3.8, 4) is 5.69 Å². The first kappa shape index (κ1) is 14.3. The van der Waals surface area contributed by atoms with E-state index < -0.39 is 11.9 Å². The van der Waals surface area contributed by atoms with E-state index in [4.69, 9.17) is 5.11 Å². The fourth-order valence-corrected chi connectivity index (χ4v) is 3.12. The highest BCUT2D eigenvalue weighted by atomic mass is 16.4. The van der Waals surface area contributed by atoms with Gasteiger partial charge in [0.05, 0.1) is 23.9 Å². The molecule has 1 aromatic carbocycles. The molecule has 0 fully saturated rings. The van der Waals surface area contributed by atoms with E-state index in [9.17, 15) is 14.7 Å². The summed E-state index contributed by atoms with van der Waals surface area (Å²) >= 11 is 0. The lowest BCUT2D eigenvalue weighted by molar-refractivity contribution is -0.137. The van der Waals surface area contributed by atoms with Gasteiger partial charge >= 0.3 is 11.9 Å². The molecule has 22 heavy (non-hydrogen) atoms. The zero-order valence-electron chi connectivity index (χ0n) is 11.9. The molecule has 0 aliphatic heterocycles. The van der Waals surface area contributed by atoms with Crippen LogP contribution < -0.4 is 0 Å². The van der Waals surface area contributed by atoms with Gasteiger partial charge in [0.15, 0.2) is 0 Å². The SMILES string of the molecule is O=C(O)CC1CCCc2c1cnn2-c1ccccc1C(=O)O. The van der Waals surface area contributed by atoms with Crippen LogP contribution in [-0.2, 0) is 11.2 Å². The third-order valence-electron chi connectivity index (χ3n) is 4.09. The summed E-state index contributed by atoms with van der Waals surface area (Å²) in [5.41, 5.74) is 2.56. The van der Waals surface area contributed by atoms with Crippen molar-refractivity contribution in [3.63, 3.8) is 0 Å². The Morgan fingerprint density at radius 3 is 2.77 bits per heavy atom. The van der Waals surface area contributed by atoms with Crippen LogP contribution in [0.4, 0.5) is 0 Å². The standard InChI is InChI=1S/C16H16N2O4/c19-15(20)8-10-4-3-7-14-12(10)9-17-18(14)13-6-2-1-5-11(13)16(21)22/h1-2,5-6,9-10H,3-4,7-8H2,(H,19,20)(H,21,22). The fourth-order valence-electron chi connectivity index (χ4n) is 3.12. The molecule has 0 amide bonds. The van der Waals surface area contributed by atoms with E-state index in [0.717, 1.165) is 30.5 Å². The minimum absolute atomic E-state index is 0.0491. The molecular weight excluding hydrogens is 284 g/mol. The number of benzene rings is 1. The molecule has 6 nitrogen and oxygen atoms in total. The van der Waals surface area contributed by atoms with Crippen LogP contribution in [0, 0.1) is 0 Å². The van der Waals surface area contributed by atoms with Crippen molar-refractivity contribution in [2.75, 3.05) is 0 Å². The Morgan fingerprint density at radius 2 is 2.05 bits per heavy atom. The highest BCUT2D eigenvalue weighted by molar-refractivity contribution is 5.91. The smallest absolute Gasteiger partial charge is 0.337 e. The molecule has 2 aromatic rings. The number of nitrogens with zero attached hydrogens (tertiary/aromatic N) is 2. The number of carboxylic acid groups (broad SMARTS) is 2. The number of carboxylic acids is 2. The third-order valence-corrected chi connectivity index (χ3v) is 4.09.